The van der Waals surface area contributed by atoms with E-state index in [1.807, 2.05) is 0 Å². The number of amides is 1. The number of alkyl halides is 5. The summed E-state index contributed by atoms with van der Waals surface area (Å²) in [6, 6.07) is 8.27. The fourth-order valence-corrected chi connectivity index (χ4v) is 10.9. The van der Waals surface area contributed by atoms with Gasteiger partial charge in [0.05, 0.1) is 28.2 Å². The van der Waals surface area contributed by atoms with Crippen molar-refractivity contribution in [3.63, 3.8) is 0 Å². The molecule has 0 radical (unpaired) electrons. The van der Waals surface area contributed by atoms with E-state index in [-0.39, 0.29) is 47.4 Å². The molecule has 13 nitrogen and oxygen atoms in total. The van der Waals surface area contributed by atoms with Crippen LogP contribution in [0.5, 0.6) is 0 Å². The predicted molar refractivity (Wildman–Crippen MR) is 211 cm³/mol. The number of para-hydroxylation sites is 1. The first-order valence-corrected chi connectivity index (χ1v) is 22.0. The van der Waals surface area contributed by atoms with Crippen molar-refractivity contribution >= 4 is 59.5 Å². The van der Waals surface area contributed by atoms with Crippen LogP contribution in [0, 0.1) is 23.0 Å². The van der Waals surface area contributed by atoms with Gasteiger partial charge in [-0.1, -0.05) is 23.5 Å². The van der Waals surface area contributed by atoms with Crippen molar-refractivity contribution in [2.75, 3.05) is 42.1 Å². The Bertz CT molecular complexity index is 2900. The molecular weight excluding hydrogens is 854 g/mol. The summed E-state index contributed by atoms with van der Waals surface area (Å²) in [5.41, 5.74) is -1.15. The minimum absolute atomic E-state index is 0.0163. The van der Waals surface area contributed by atoms with E-state index >= 15 is 8.78 Å². The summed E-state index contributed by atoms with van der Waals surface area (Å²) in [4.78, 5) is 26.0. The Labute approximate surface area is 346 Å². The van der Waals surface area contributed by atoms with Crippen molar-refractivity contribution in [2.24, 2.45) is 18.4 Å². The minimum atomic E-state index is -5.06. The van der Waals surface area contributed by atoms with Gasteiger partial charge in [0.25, 0.3) is 5.92 Å². The third kappa shape index (κ3) is 6.67. The summed E-state index contributed by atoms with van der Waals surface area (Å²) < 4.78 is 133. The number of fused-ring (bicyclic) bond motifs is 5. The van der Waals surface area contributed by atoms with E-state index in [2.05, 4.69) is 30.5 Å². The van der Waals surface area contributed by atoms with Gasteiger partial charge in [0.1, 0.15) is 23.9 Å². The van der Waals surface area contributed by atoms with E-state index in [9.17, 15) is 35.2 Å². The van der Waals surface area contributed by atoms with Crippen molar-refractivity contribution in [2.45, 2.75) is 49.9 Å². The molecule has 22 heteroatoms. The van der Waals surface area contributed by atoms with Gasteiger partial charge in [-0.15, -0.1) is 0 Å². The Kier molecular flexibility index (Phi) is 8.85. The molecule has 0 bridgehead atoms. The first-order chi connectivity index (χ1) is 28.8. The number of aromatic nitrogens is 6. The fraction of sp³-hybridized carbons (Fsp3) is 0.410. The summed E-state index contributed by atoms with van der Waals surface area (Å²) in [5, 5.41) is 15.1. The second kappa shape index (κ2) is 13.6. The van der Waals surface area contributed by atoms with Crippen LogP contribution in [0.15, 0.2) is 42.5 Å². The maximum atomic E-state index is 15.7. The highest BCUT2D eigenvalue weighted by Crippen LogP contribution is 2.64. The number of anilines is 2. The molecule has 6 aromatic rings. The molecule has 2 aromatic carbocycles. The summed E-state index contributed by atoms with van der Waals surface area (Å²) in [7, 11) is -2.18. The van der Waals surface area contributed by atoms with Crippen LogP contribution in [-0.2, 0) is 46.9 Å². The van der Waals surface area contributed by atoms with Crippen LogP contribution in [0.3, 0.4) is 0 Å². The number of hydrogen-bond donors (Lipinski definition) is 3. The van der Waals surface area contributed by atoms with Gasteiger partial charge in [-0.25, -0.2) is 22.2 Å². The molecule has 10 rings (SSSR count). The van der Waals surface area contributed by atoms with Gasteiger partial charge in [-0.2, -0.15) is 37.1 Å². The van der Waals surface area contributed by atoms with Crippen LogP contribution in [0.2, 0.25) is 0 Å². The minimum Gasteiger partial charge on any atom is -0.347 e. The van der Waals surface area contributed by atoms with E-state index in [0.717, 1.165) is 44.6 Å². The first-order valence-electron chi connectivity index (χ1n) is 19.3. The van der Waals surface area contributed by atoms with Crippen LogP contribution >= 0.6 is 11.3 Å². The van der Waals surface area contributed by atoms with Crippen molar-refractivity contribution in [1.29, 1.82) is 0 Å². The topological polar surface area (TPSA) is 152 Å². The molecule has 2 aliphatic heterocycles. The summed E-state index contributed by atoms with van der Waals surface area (Å²) in [6.07, 6.45) is -4.27. The first kappa shape index (κ1) is 39.8. The number of carbonyl (C=O) groups excluding carboxylic acids is 1. The maximum Gasteiger partial charge on any atom is 0.435 e. The SMILES string of the molecule is Cn1nc(NS(C)(=O)=O)c2cccc(-c3cc4sc(N5CC6(CNC6)C5)nc4nc3[C@H](Cc3cc(F)cc(F)c3)NC(=O)Cn3nc(C(F)(F)F)c4c3C(F)(F)[C@@H]3CC[C@H]43)c21. The van der Waals surface area contributed by atoms with Gasteiger partial charge in [-0.3, -0.25) is 18.9 Å². The van der Waals surface area contributed by atoms with E-state index in [0.29, 0.717) is 42.6 Å². The number of pyridine rings is 1. The second-order valence-electron chi connectivity index (χ2n) is 16.5. The molecule has 4 aliphatic rings. The molecule has 4 aromatic heterocycles. The molecule has 320 valence electrons. The lowest BCUT2D eigenvalue weighted by atomic mass is 9.73. The van der Waals surface area contributed by atoms with E-state index in [4.69, 9.17) is 9.97 Å². The third-order valence-corrected chi connectivity index (χ3v) is 13.8. The number of sulfonamides is 1. The van der Waals surface area contributed by atoms with Gasteiger partial charge in [0.15, 0.2) is 22.3 Å². The molecule has 3 N–H and O–H groups in total. The molecule has 61 heavy (non-hydrogen) atoms. The highest BCUT2D eigenvalue weighted by atomic mass is 32.2. The number of rotatable bonds is 10. The van der Waals surface area contributed by atoms with Crippen LogP contribution < -0.4 is 20.3 Å². The number of aryl methyl sites for hydroxylation is 1. The average molecular weight is 889 g/mol. The van der Waals surface area contributed by atoms with E-state index < -0.39 is 81.0 Å². The Morgan fingerprint density at radius 2 is 1.77 bits per heavy atom. The number of nitrogens with zero attached hydrogens (tertiary/aromatic N) is 7. The zero-order valence-electron chi connectivity index (χ0n) is 32.2. The normalized spacial score (nSPS) is 20.6. The molecule has 6 heterocycles. The number of thiazole rings is 1. The highest BCUT2D eigenvalue weighted by Gasteiger charge is 2.63. The van der Waals surface area contributed by atoms with Crippen LogP contribution in [0.4, 0.5) is 41.7 Å². The number of halogens is 7. The van der Waals surface area contributed by atoms with Crippen molar-refractivity contribution in [3.8, 4) is 11.1 Å². The van der Waals surface area contributed by atoms with Crippen molar-refractivity contribution < 1.29 is 43.9 Å². The molecule has 1 spiro atoms. The van der Waals surface area contributed by atoms with E-state index in [1.54, 1.807) is 31.3 Å². The molecular formula is C39H35F7N10O3S2. The van der Waals surface area contributed by atoms with E-state index in [1.165, 1.54) is 16.0 Å². The van der Waals surface area contributed by atoms with Gasteiger partial charge in [-0.05, 0) is 55.0 Å². The highest BCUT2D eigenvalue weighted by molar-refractivity contribution is 7.92. The standard InChI is InChI=1S/C39H35F7N10O3S2/c1-54-31-21(4-3-5-23(31)34(52-54)53-61(2,58)59)24-12-27-35(50-36(60-27)55-16-37(17-55)14-47-15-37)49-30(24)26(10-18-8-19(40)11-20(41)9-18)48-28(57)13-56-33-29(32(51-56)39(44,45)46)22-6-7-25(22)38(33,42)43/h3-5,8-9,11-12,22,25-26,47H,6-7,10,13-17H2,1-2H3,(H,48,57)(H,52,53)/t22-,25+,26-/m0/s1. The molecule has 3 fully saturated rings. The molecule has 1 saturated carbocycles. The molecule has 2 saturated heterocycles. The number of carbonyl (C=O) groups is 1. The van der Waals surface area contributed by atoms with Gasteiger partial charge in [0.2, 0.25) is 15.9 Å². The largest absolute Gasteiger partial charge is 0.435 e. The summed E-state index contributed by atoms with van der Waals surface area (Å²) in [5.74, 6) is -8.90. The summed E-state index contributed by atoms with van der Waals surface area (Å²) >= 11 is 1.37. The molecule has 2 aliphatic carbocycles. The zero-order chi connectivity index (χ0) is 43.0. The maximum absolute atomic E-state index is 15.7. The lowest BCUT2D eigenvalue weighted by Crippen LogP contribution is -2.71. The monoisotopic (exact) mass is 888 g/mol. The fourth-order valence-electron chi connectivity index (χ4n) is 9.40. The number of nitrogens with one attached hydrogen (secondary N) is 3. The Hall–Kier alpha value is -5.35. The Morgan fingerprint density at radius 3 is 2.41 bits per heavy atom. The van der Waals surface area contributed by atoms with Crippen LogP contribution in [0.1, 0.15) is 53.0 Å². The number of hydrogen-bond acceptors (Lipinski definition) is 10. The Morgan fingerprint density at radius 1 is 1.03 bits per heavy atom. The van der Waals surface area contributed by atoms with Gasteiger partial charge < -0.3 is 15.5 Å². The predicted octanol–water partition coefficient (Wildman–Crippen LogP) is 6.22. The Balaban J connectivity index is 1.11. The van der Waals surface area contributed by atoms with Crippen LogP contribution in [-0.4, -0.2) is 76.3 Å². The smallest absolute Gasteiger partial charge is 0.347 e. The quantitative estimate of drug-likeness (QED) is 0.136. The van der Waals surface area contributed by atoms with Crippen LogP contribution in [0.25, 0.3) is 32.4 Å². The molecule has 1 amide bonds. The lowest BCUT2D eigenvalue weighted by molar-refractivity contribution is -0.144. The second-order valence-corrected chi connectivity index (χ2v) is 19.3. The average Bonchev–Trinajstić information content (AvgIpc) is 3.80. The summed E-state index contributed by atoms with van der Waals surface area (Å²) in [6.45, 7) is 2.25. The lowest BCUT2D eigenvalue weighted by Gasteiger charge is -2.56. The third-order valence-electron chi connectivity index (χ3n) is 12.2. The number of benzene rings is 2. The molecule has 0 unspecified atom stereocenters. The van der Waals surface area contributed by atoms with Crippen molar-refractivity contribution in [1.82, 2.24) is 40.2 Å². The molecule has 3 atom stereocenters. The van der Waals surface area contributed by atoms with Crippen molar-refractivity contribution in [3.05, 3.63) is 82.3 Å². The zero-order valence-corrected chi connectivity index (χ0v) is 33.9. The van der Waals surface area contributed by atoms with Gasteiger partial charge >= 0.3 is 6.18 Å². The van der Waals surface area contributed by atoms with Gasteiger partial charge in [0, 0.05) is 72.7 Å².